The van der Waals surface area contributed by atoms with E-state index < -0.39 is 0 Å². The van der Waals surface area contributed by atoms with E-state index in [0.29, 0.717) is 16.7 Å². The van der Waals surface area contributed by atoms with Gasteiger partial charge >= 0.3 is 0 Å². The second kappa shape index (κ2) is 6.78. The van der Waals surface area contributed by atoms with Gasteiger partial charge in [-0.2, -0.15) is 0 Å². The molecular weight excluding hydrogens is 312 g/mol. The summed E-state index contributed by atoms with van der Waals surface area (Å²) in [5.74, 6) is 0.881. The molecule has 0 aliphatic rings. The van der Waals surface area contributed by atoms with E-state index >= 15 is 0 Å². The van der Waals surface area contributed by atoms with Gasteiger partial charge in [-0.3, -0.25) is 4.79 Å². The van der Waals surface area contributed by atoms with Gasteiger partial charge in [-0.1, -0.05) is 37.2 Å². The van der Waals surface area contributed by atoms with Crippen LogP contribution in [-0.2, 0) is 4.79 Å². The number of amides is 1. The van der Waals surface area contributed by atoms with Crippen molar-refractivity contribution in [3.63, 3.8) is 0 Å². The molecule has 0 unspecified atom stereocenters. The van der Waals surface area contributed by atoms with Crippen LogP contribution in [0.5, 0.6) is 0 Å². The average molecular weight is 329 g/mol. The molecule has 1 atom stereocenters. The van der Waals surface area contributed by atoms with Crippen LogP contribution in [0.25, 0.3) is 10.2 Å². The van der Waals surface area contributed by atoms with Crippen molar-refractivity contribution in [2.45, 2.75) is 31.2 Å². The Labute approximate surface area is 132 Å². The molecule has 3 nitrogen and oxygen atoms in total. The normalized spacial score (nSPS) is 12.8. The van der Waals surface area contributed by atoms with Crippen molar-refractivity contribution < 1.29 is 4.79 Å². The molecule has 1 aromatic carbocycles. The summed E-state index contributed by atoms with van der Waals surface area (Å²) >= 11 is 8.99. The van der Waals surface area contributed by atoms with Crippen molar-refractivity contribution in [3.05, 3.63) is 23.2 Å². The SMILES string of the molecule is CC(C)[C@@H](C)NC(=O)CSc1nc2cc(Cl)ccc2s1. The number of aromatic nitrogens is 1. The molecule has 0 fully saturated rings. The van der Waals surface area contributed by atoms with E-state index in [0.717, 1.165) is 14.6 Å². The molecule has 0 spiro atoms. The van der Waals surface area contributed by atoms with Gasteiger partial charge in [0.15, 0.2) is 4.34 Å². The molecule has 0 bridgehead atoms. The fraction of sp³-hybridized carbons (Fsp3) is 0.429. The Morgan fingerprint density at radius 2 is 2.20 bits per heavy atom. The Balaban J connectivity index is 1.94. The lowest BCUT2D eigenvalue weighted by Crippen LogP contribution is -2.37. The van der Waals surface area contributed by atoms with Crippen molar-refractivity contribution >= 4 is 50.8 Å². The Bertz CT molecular complexity index is 612. The van der Waals surface area contributed by atoms with Gasteiger partial charge < -0.3 is 5.32 Å². The average Bonchev–Trinajstić information content (AvgIpc) is 2.78. The first kappa shape index (κ1) is 15.6. The van der Waals surface area contributed by atoms with Crippen LogP contribution >= 0.6 is 34.7 Å². The molecule has 0 aliphatic carbocycles. The van der Waals surface area contributed by atoms with E-state index in [1.807, 2.05) is 25.1 Å². The molecule has 2 aromatic rings. The summed E-state index contributed by atoms with van der Waals surface area (Å²) in [4.78, 5) is 16.3. The number of hydrogen-bond acceptors (Lipinski definition) is 4. The quantitative estimate of drug-likeness (QED) is 0.836. The summed E-state index contributed by atoms with van der Waals surface area (Å²) in [6.07, 6.45) is 0. The zero-order valence-electron chi connectivity index (χ0n) is 11.6. The zero-order chi connectivity index (χ0) is 14.7. The number of rotatable bonds is 5. The van der Waals surface area contributed by atoms with E-state index in [9.17, 15) is 4.79 Å². The third kappa shape index (κ3) is 4.11. The number of fused-ring (bicyclic) bond motifs is 1. The van der Waals surface area contributed by atoms with Crippen molar-refractivity contribution in [3.8, 4) is 0 Å². The van der Waals surface area contributed by atoms with Gasteiger partial charge in [-0.15, -0.1) is 11.3 Å². The Hall–Kier alpha value is -0.780. The number of nitrogens with zero attached hydrogens (tertiary/aromatic N) is 1. The second-order valence-corrected chi connectivity index (χ2v) is 7.67. The molecule has 2 rings (SSSR count). The van der Waals surface area contributed by atoms with Crippen LogP contribution in [-0.4, -0.2) is 22.7 Å². The third-order valence-corrected chi connectivity index (χ3v) is 5.46. The number of thiazole rings is 1. The topological polar surface area (TPSA) is 42.0 Å². The van der Waals surface area contributed by atoms with Gasteiger partial charge in [0.05, 0.1) is 16.0 Å². The first-order chi connectivity index (χ1) is 9.45. The van der Waals surface area contributed by atoms with E-state index in [1.54, 1.807) is 11.3 Å². The molecule has 0 aliphatic heterocycles. The smallest absolute Gasteiger partial charge is 0.230 e. The van der Waals surface area contributed by atoms with Crippen LogP contribution < -0.4 is 5.32 Å². The number of carbonyl (C=O) groups excluding carboxylic acids is 1. The number of hydrogen-bond donors (Lipinski definition) is 1. The van der Waals surface area contributed by atoms with Crippen LogP contribution in [0, 0.1) is 5.92 Å². The summed E-state index contributed by atoms with van der Waals surface area (Å²) in [5.41, 5.74) is 0.890. The first-order valence-electron chi connectivity index (χ1n) is 6.44. The molecule has 108 valence electrons. The number of benzene rings is 1. The van der Waals surface area contributed by atoms with Crippen molar-refractivity contribution in [1.29, 1.82) is 0 Å². The number of nitrogens with one attached hydrogen (secondary N) is 1. The summed E-state index contributed by atoms with van der Waals surface area (Å²) in [7, 11) is 0. The van der Waals surface area contributed by atoms with Crippen LogP contribution in [0.2, 0.25) is 5.02 Å². The highest BCUT2D eigenvalue weighted by molar-refractivity contribution is 8.01. The molecule has 20 heavy (non-hydrogen) atoms. The highest BCUT2D eigenvalue weighted by atomic mass is 35.5. The first-order valence-corrected chi connectivity index (χ1v) is 8.62. The van der Waals surface area contributed by atoms with Crippen molar-refractivity contribution in [1.82, 2.24) is 10.3 Å². The maximum Gasteiger partial charge on any atom is 0.230 e. The second-order valence-electron chi connectivity index (χ2n) is 4.98. The molecule has 0 saturated carbocycles. The number of thioether (sulfide) groups is 1. The van der Waals surface area contributed by atoms with Gasteiger partial charge in [-0.25, -0.2) is 4.98 Å². The molecule has 1 aromatic heterocycles. The van der Waals surface area contributed by atoms with E-state index in [2.05, 4.69) is 24.1 Å². The highest BCUT2D eigenvalue weighted by Gasteiger charge is 2.12. The summed E-state index contributed by atoms with van der Waals surface area (Å²) in [5, 5.41) is 3.67. The lowest BCUT2D eigenvalue weighted by atomic mass is 10.1. The van der Waals surface area contributed by atoms with Crippen LogP contribution in [0.4, 0.5) is 0 Å². The maximum atomic E-state index is 11.8. The number of carbonyl (C=O) groups is 1. The highest BCUT2D eigenvalue weighted by Crippen LogP contribution is 2.30. The summed E-state index contributed by atoms with van der Waals surface area (Å²) in [6, 6.07) is 5.85. The van der Waals surface area contributed by atoms with E-state index in [-0.39, 0.29) is 11.9 Å². The predicted molar refractivity (Wildman–Crippen MR) is 87.8 cm³/mol. The minimum atomic E-state index is 0.0495. The Morgan fingerprint density at radius 3 is 2.90 bits per heavy atom. The minimum absolute atomic E-state index is 0.0495. The molecule has 0 radical (unpaired) electrons. The lowest BCUT2D eigenvalue weighted by molar-refractivity contribution is -0.119. The molecule has 1 heterocycles. The third-order valence-electron chi connectivity index (χ3n) is 3.05. The molecule has 0 saturated heterocycles. The van der Waals surface area contributed by atoms with E-state index in [1.165, 1.54) is 11.8 Å². The fourth-order valence-corrected chi connectivity index (χ4v) is 3.56. The molecule has 1 amide bonds. The van der Waals surface area contributed by atoms with E-state index in [4.69, 9.17) is 11.6 Å². The predicted octanol–water partition coefficient (Wildman–Crippen LogP) is 4.20. The number of halogens is 1. The molecule has 1 N–H and O–H groups in total. The monoisotopic (exact) mass is 328 g/mol. The summed E-state index contributed by atoms with van der Waals surface area (Å²) in [6.45, 7) is 6.21. The molecule has 6 heteroatoms. The van der Waals surface area contributed by atoms with Crippen molar-refractivity contribution in [2.75, 3.05) is 5.75 Å². The van der Waals surface area contributed by atoms with Gasteiger partial charge in [0.2, 0.25) is 5.91 Å². The van der Waals surface area contributed by atoms with Crippen LogP contribution in [0.3, 0.4) is 0 Å². The summed E-state index contributed by atoms with van der Waals surface area (Å²) < 4.78 is 1.99. The van der Waals surface area contributed by atoms with Crippen LogP contribution in [0.15, 0.2) is 22.5 Å². The van der Waals surface area contributed by atoms with Gasteiger partial charge in [0.1, 0.15) is 0 Å². The fourth-order valence-electron chi connectivity index (χ4n) is 1.53. The van der Waals surface area contributed by atoms with Gasteiger partial charge in [-0.05, 0) is 31.0 Å². The Morgan fingerprint density at radius 1 is 1.45 bits per heavy atom. The largest absolute Gasteiger partial charge is 0.353 e. The molecular formula is C14H17ClN2OS2. The Kier molecular flexibility index (Phi) is 5.29. The van der Waals surface area contributed by atoms with Gasteiger partial charge in [0, 0.05) is 11.1 Å². The standard InChI is InChI=1S/C14H17ClN2OS2/c1-8(2)9(3)16-13(18)7-19-14-17-11-6-10(15)4-5-12(11)20-14/h4-6,8-9H,7H2,1-3H3,(H,16,18)/t9-/m1/s1. The van der Waals surface area contributed by atoms with Crippen LogP contribution in [0.1, 0.15) is 20.8 Å². The minimum Gasteiger partial charge on any atom is -0.353 e. The lowest BCUT2D eigenvalue weighted by Gasteiger charge is -2.16. The van der Waals surface area contributed by atoms with Gasteiger partial charge in [0.25, 0.3) is 0 Å². The maximum absolute atomic E-state index is 11.8. The van der Waals surface area contributed by atoms with Crippen molar-refractivity contribution in [2.24, 2.45) is 5.92 Å². The zero-order valence-corrected chi connectivity index (χ0v) is 14.0.